The van der Waals surface area contributed by atoms with Crippen LogP contribution in [-0.2, 0) is 4.79 Å². The minimum atomic E-state index is -0.474. The van der Waals surface area contributed by atoms with Gasteiger partial charge in [0.15, 0.2) is 0 Å². The van der Waals surface area contributed by atoms with Gasteiger partial charge in [0.2, 0.25) is 0 Å². The maximum atomic E-state index is 12.0. The van der Waals surface area contributed by atoms with Crippen molar-refractivity contribution in [2.45, 2.75) is 13.0 Å². The number of carbonyl (C=O) groups is 1. The molecule has 0 radical (unpaired) electrons. The number of benzene rings is 2. The van der Waals surface area contributed by atoms with Crippen LogP contribution in [-0.4, -0.2) is 23.1 Å². The number of non-ortho nitro benzene ring substituents is 1. The Hall–Kier alpha value is -2.74. The molecule has 24 heavy (non-hydrogen) atoms. The molecular formula is C16H15BrN4O3. The summed E-state index contributed by atoms with van der Waals surface area (Å²) in [7, 11) is 0. The number of anilines is 1. The fourth-order valence-electron chi connectivity index (χ4n) is 1.81. The lowest BCUT2D eigenvalue weighted by molar-refractivity contribution is -0.384. The molecular weight excluding hydrogens is 376 g/mol. The van der Waals surface area contributed by atoms with E-state index in [4.69, 9.17) is 0 Å². The van der Waals surface area contributed by atoms with E-state index in [0.29, 0.717) is 5.56 Å². The zero-order valence-corrected chi connectivity index (χ0v) is 14.4. The lowest BCUT2D eigenvalue weighted by Crippen LogP contribution is -2.34. The summed E-state index contributed by atoms with van der Waals surface area (Å²) in [6.45, 7) is 1.72. The average Bonchev–Trinajstić information content (AvgIpc) is 2.57. The smallest absolute Gasteiger partial charge is 0.269 e. The predicted octanol–water partition coefficient (Wildman–Crippen LogP) is 3.31. The van der Waals surface area contributed by atoms with Gasteiger partial charge in [0, 0.05) is 22.3 Å². The number of carbonyl (C=O) groups excluding carboxylic acids is 1. The molecule has 7 nitrogen and oxygen atoms in total. The van der Waals surface area contributed by atoms with Crippen LogP contribution in [0, 0.1) is 10.1 Å². The first-order valence-corrected chi connectivity index (χ1v) is 7.84. The number of hydrogen-bond donors (Lipinski definition) is 2. The van der Waals surface area contributed by atoms with E-state index >= 15 is 0 Å². The number of hydrazone groups is 1. The van der Waals surface area contributed by atoms with Crippen molar-refractivity contribution >= 4 is 39.4 Å². The van der Waals surface area contributed by atoms with Crippen molar-refractivity contribution in [2.24, 2.45) is 5.10 Å². The van der Waals surface area contributed by atoms with Crippen molar-refractivity contribution in [3.8, 4) is 0 Å². The second-order valence-electron chi connectivity index (χ2n) is 4.96. The van der Waals surface area contributed by atoms with Gasteiger partial charge >= 0.3 is 0 Å². The van der Waals surface area contributed by atoms with Gasteiger partial charge in [-0.15, -0.1) is 0 Å². The number of nitrogens with one attached hydrogen (secondary N) is 2. The van der Waals surface area contributed by atoms with Crippen LogP contribution in [0.3, 0.4) is 0 Å². The van der Waals surface area contributed by atoms with Crippen LogP contribution in [0.4, 0.5) is 11.4 Å². The van der Waals surface area contributed by atoms with E-state index in [9.17, 15) is 14.9 Å². The van der Waals surface area contributed by atoms with Gasteiger partial charge in [0.25, 0.3) is 11.6 Å². The number of amides is 1. The van der Waals surface area contributed by atoms with E-state index in [0.717, 1.165) is 10.2 Å². The van der Waals surface area contributed by atoms with Gasteiger partial charge in [-0.05, 0) is 48.9 Å². The molecule has 0 fully saturated rings. The molecule has 0 unspecified atom stereocenters. The summed E-state index contributed by atoms with van der Waals surface area (Å²) in [6.07, 6.45) is 1.42. The average molecular weight is 391 g/mol. The van der Waals surface area contributed by atoms with Gasteiger partial charge in [0.05, 0.1) is 11.1 Å². The van der Waals surface area contributed by atoms with Crippen molar-refractivity contribution in [2.75, 3.05) is 5.32 Å². The number of hydrogen-bond acceptors (Lipinski definition) is 5. The molecule has 8 heteroatoms. The minimum absolute atomic E-state index is 0.00325. The van der Waals surface area contributed by atoms with E-state index in [1.165, 1.54) is 18.3 Å². The van der Waals surface area contributed by atoms with Crippen LogP contribution in [0.1, 0.15) is 12.5 Å². The van der Waals surface area contributed by atoms with Crippen LogP contribution in [0.25, 0.3) is 0 Å². The van der Waals surface area contributed by atoms with Crippen LogP contribution in [0.2, 0.25) is 0 Å². The number of halogens is 1. The van der Waals surface area contributed by atoms with Gasteiger partial charge in [-0.25, -0.2) is 5.43 Å². The highest BCUT2D eigenvalue weighted by Gasteiger charge is 2.11. The van der Waals surface area contributed by atoms with E-state index in [2.05, 4.69) is 31.8 Å². The van der Waals surface area contributed by atoms with E-state index in [-0.39, 0.29) is 11.6 Å². The fraction of sp³-hybridized carbons (Fsp3) is 0.125. The van der Waals surface area contributed by atoms with Crippen LogP contribution < -0.4 is 10.7 Å². The van der Waals surface area contributed by atoms with Crippen molar-refractivity contribution in [3.05, 3.63) is 68.7 Å². The fourth-order valence-corrected chi connectivity index (χ4v) is 2.08. The quantitative estimate of drug-likeness (QED) is 0.449. The molecule has 0 bridgehead atoms. The molecule has 0 aliphatic heterocycles. The summed E-state index contributed by atoms with van der Waals surface area (Å²) < 4.78 is 0.956. The Bertz CT molecular complexity index is 745. The molecule has 0 spiro atoms. The largest absolute Gasteiger partial charge is 0.374 e. The number of nitro groups is 1. The van der Waals surface area contributed by atoms with Crippen molar-refractivity contribution < 1.29 is 9.72 Å². The van der Waals surface area contributed by atoms with E-state index < -0.39 is 11.0 Å². The molecule has 0 aromatic heterocycles. The van der Waals surface area contributed by atoms with Gasteiger partial charge < -0.3 is 5.32 Å². The van der Waals surface area contributed by atoms with Gasteiger partial charge in [-0.3, -0.25) is 14.9 Å². The number of nitro benzene ring substituents is 1. The molecule has 0 aliphatic carbocycles. The summed E-state index contributed by atoms with van der Waals surface area (Å²) in [5.74, 6) is -0.295. The van der Waals surface area contributed by atoms with Crippen LogP contribution in [0.5, 0.6) is 0 Å². The van der Waals surface area contributed by atoms with Crippen LogP contribution in [0.15, 0.2) is 58.1 Å². The summed E-state index contributed by atoms with van der Waals surface area (Å²) in [6, 6.07) is 12.8. The molecule has 2 N–H and O–H groups in total. The third kappa shape index (κ3) is 5.17. The molecule has 0 saturated heterocycles. The number of rotatable bonds is 6. The normalized spacial score (nSPS) is 11.9. The Morgan fingerprint density at radius 3 is 2.42 bits per heavy atom. The first kappa shape index (κ1) is 17.6. The standard InChI is InChI=1S/C16H15BrN4O3/c1-11(19-14-6-4-13(17)5-7-14)16(22)20-18-10-12-2-8-15(9-3-12)21(23)24/h2-11,19H,1H3,(H,20,22)/b18-10-/t11-/m0/s1. The minimum Gasteiger partial charge on any atom is -0.374 e. The van der Waals surface area contributed by atoms with Crippen molar-refractivity contribution in [3.63, 3.8) is 0 Å². The van der Waals surface area contributed by atoms with E-state index in [1.807, 2.05) is 24.3 Å². The molecule has 0 aliphatic rings. The Morgan fingerprint density at radius 2 is 1.83 bits per heavy atom. The topological polar surface area (TPSA) is 96.6 Å². The van der Waals surface area contributed by atoms with E-state index in [1.54, 1.807) is 19.1 Å². The predicted molar refractivity (Wildman–Crippen MR) is 96.1 cm³/mol. The first-order chi connectivity index (χ1) is 11.5. The maximum absolute atomic E-state index is 12.0. The third-order valence-corrected chi connectivity index (χ3v) is 3.64. The SMILES string of the molecule is C[C@H](Nc1ccc(Br)cc1)C(=O)N/N=C\c1ccc([N+](=O)[O-])cc1. The first-order valence-electron chi connectivity index (χ1n) is 7.05. The van der Waals surface area contributed by atoms with Crippen LogP contribution >= 0.6 is 15.9 Å². The highest BCUT2D eigenvalue weighted by molar-refractivity contribution is 9.10. The Balaban J connectivity index is 1.87. The van der Waals surface area contributed by atoms with Gasteiger partial charge in [-0.1, -0.05) is 15.9 Å². The molecule has 2 aromatic rings. The second kappa shape index (κ2) is 8.21. The Morgan fingerprint density at radius 1 is 1.21 bits per heavy atom. The third-order valence-electron chi connectivity index (χ3n) is 3.11. The lowest BCUT2D eigenvalue weighted by atomic mass is 10.2. The number of nitrogens with zero attached hydrogens (tertiary/aromatic N) is 2. The van der Waals surface area contributed by atoms with Gasteiger partial charge in [-0.2, -0.15) is 5.10 Å². The summed E-state index contributed by atoms with van der Waals surface area (Å²) in [4.78, 5) is 22.1. The molecule has 1 amide bonds. The maximum Gasteiger partial charge on any atom is 0.269 e. The molecule has 2 rings (SSSR count). The highest BCUT2D eigenvalue weighted by Crippen LogP contribution is 2.15. The molecule has 124 valence electrons. The monoisotopic (exact) mass is 390 g/mol. The van der Waals surface area contributed by atoms with Crippen molar-refractivity contribution in [1.29, 1.82) is 0 Å². The summed E-state index contributed by atoms with van der Waals surface area (Å²) in [5.41, 5.74) is 3.90. The second-order valence-corrected chi connectivity index (χ2v) is 5.87. The molecule has 2 aromatic carbocycles. The Labute approximate surface area is 147 Å². The summed E-state index contributed by atoms with van der Waals surface area (Å²) in [5, 5.41) is 17.5. The lowest BCUT2D eigenvalue weighted by Gasteiger charge is -2.13. The van der Waals surface area contributed by atoms with Crippen molar-refractivity contribution in [1.82, 2.24) is 5.43 Å². The molecule has 0 saturated carbocycles. The highest BCUT2D eigenvalue weighted by atomic mass is 79.9. The van der Waals surface area contributed by atoms with Gasteiger partial charge in [0.1, 0.15) is 6.04 Å². The summed E-state index contributed by atoms with van der Waals surface area (Å²) >= 11 is 3.35. The zero-order valence-electron chi connectivity index (χ0n) is 12.8. The Kier molecular flexibility index (Phi) is 6.02. The molecule has 0 heterocycles. The zero-order chi connectivity index (χ0) is 17.5. The molecule has 1 atom stereocenters.